The van der Waals surface area contributed by atoms with Crippen LogP contribution in [-0.2, 0) is 12.8 Å². The van der Waals surface area contributed by atoms with Gasteiger partial charge in [-0.1, -0.05) is 128 Å². The number of carbonyl (C=O) groups is 1. The van der Waals surface area contributed by atoms with Gasteiger partial charge >= 0.3 is 0 Å². The van der Waals surface area contributed by atoms with Crippen molar-refractivity contribution >= 4 is 5.78 Å². The maximum Gasteiger partial charge on any atom is 0.193 e. The Kier molecular flexibility index (Phi) is 10.9. The number of carbonyl (C=O) groups excluding carboxylic acids is 1. The fraction of sp³-hybridized carbons (Fsp3) is 0.552. The lowest BCUT2D eigenvalue weighted by Gasteiger charge is -2.22. The molecule has 0 aliphatic heterocycles. The molecule has 0 heterocycles. The van der Waals surface area contributed by atoms with Crippen molar-refractivity contribution < 1.29 is 4.79 Å². The molecule has 0 fully saturated rings. The molecule has 1 heteroatoms. The van der Waals surface area contributed by atoms with E-state index in [1.807, 2.05) is 30.3 Å². The standard InChI is InChI=1S/C29H42O/c1-5-9-15-23(7-3)21-26-19-14-20-27(29(30)25-17-12-11-13-18-25)28(26)22-24(8-4)16-10-6-2/h11-14,17-20,23-24H,5-10,15-16,21-22H2,1-4H3. The van der Waals surface area contributed by atoms with E-state index in [4.69, 9.17) is 0 Å². The van der Waals surface area contributed by atoms with Gasteiger partial charge in [0.15, 0.2) is 5.78 Å². The Morgan fingerprint density at radius 2 is 1.33 bits per heavy atom. The van der Waals surface area contributed by atoms with Crippen LogP contribution >= 0.6 is 0 Å². The average Bonchev–Trinajstić information content (AvgIpc) is 2.79. The Morgan fingerprint density at radius 1 is 0.733 bits per heavy atom. The largest absolute Gasteiger partial charge is 0.289 e. The molecule has 0 spiro atoms. The molecule has 2 aromatic rings. The van der Waals surface area contributed by atoms with Gasteiger partial charge in [0.05, 0.1) is 0 Å². The lowest BCUT2D eigenvalue weighted by atomic mass is 9.82. The quantitative estimate of drug-likeness (QED) is 0.288. The monoisotopic (exact) mass is 406 g/mol. The smallest absolute Gasteiger partial charge is 0.193 e. The van der Waals surface area contributed by atoms with E-state index in [2.05, 4.69) is 45.9 Å². The van der Waals surface area contributed by atoms with Crippen LogP contribution in [-0.4, -0.2) is 5.78 Å². The van der Waals surface area contributed by atoms with Gasteiger partial charge in [-0.3, -0.25) is 4.79 Å². The highest BCUT2D eigenvalue weighted by molar-refractivity contribution is 6.10. The Bertz CT molecular complexity index is 746. The summed E-state index contributed by atoms with van der Waals surface area (Å²) >= 11 is 0. The summed E-state index contributed by atoms with van der Waals surface area (Å²) in [7, 11) is 0. The fourth-order valence-electron chi connectivity index (χ4n) is 4.51. The van der Waals surface area contributed by atoms with E-state index in [9.17, 15) is 4.79 Å². The number of rotatable bonds is 14. The van der Waals surface area contributed by atoms with Gasteiger partial charge < -0.3 is 0 Å². The van der Waals surface area contributed by atoms with Crippen LogP contribution in [0, 0.1) is 11.8 Å². The number of hydrogen-bond acceptors (Lipinski definition) is 1. The molecule has 0 aromatic heterocycles. The van der Waals surface area contributed by atoms with Crippen molar-refractivity contribution in [2.75, 3.05) is 0 Å². The van der Waals surface area contributed by atoms with Crippen LogP contribution in [0.3, 0.4) is 0 Å². The summed E-state index contributed by atoms with van der Waals surface area (Å²) in [4.78, 5) is 13.4. The summed E-state index contributed by atoms with van der Waals surface area (Å²) in [5.41, 5.74) is 4.47. The lowest BCUT2D eigenvalue weighted by Crippen LogP contribution is -2.15. The van der Waals surface area contributed by atoms with Gasteiger partial charge in [0.1, 0.15) is 0 Å². The predicted molar refractivity (Wildman–Crippen MR) is 130 cm³/mol. The van der Waals surface area contributed by atoms with Gasteiger partial charge in [-0.25, -0.2) is 0 Å². The first kappa shape index (κ1) is 24.4. The van der Waals surface area contributed by atoms with Gasteiger partial charge in [0.2, 0.25) is 0 Å². The van der Waals surface area contributed by atoms with Crippen LogP contribution in [0.1, 0.15) is 106 Å². The molecule has 164 valence electrons. The van der Waals surface area contributed by atoms with E-state index in [-0.39, 0.29) is 5.78 Å². The second-order valence-electron chi connectivity index (χ2n) is 8.88. The van der Waals surface area contributed by atoms with Gasteiger partial charge in [-0.15, -0.1) is 0 Å². The van der Waals surface area contributed by atoms with Crippen molar-refractivity contribution in [1.29, 1.82) is 0 Å². The minimum absolute atomic E-state index is 0.180. The average molecular weight is 407 g/mol. The molecule has 0 saturated carbocycles. The predicted octanol–water partition coefficient (Wildman–Crippen LogP) is 8.44. The van der Waals surface area contributed by atoms with E-state index < -0.39 is 0 Å². The Balaban J connectivity index is 2.40. The molecule has 0 aliphatic rings. The van der Waals surface area contributed by atoms with E-state index in [0.29, 0.717) is 11.8 Å². The number of ketones is 1. The summed E-state index contributed by atoms with van der Waals surface area (Å²) in [6, 6.07) is 16.3. The maximum atomic E-state index is 13.4. The normalized spacial score (nSPS) is 13.2. The van der Waals surface area contributed by atoms with Gasteiger partial charge in [0.25, 0.3) is 0 Å². The highest BCUT2D eigenvalue weighted by atomic mass is 16.1. The van der Waals surface area contributed by atoms with Crippen LogP contribution < -0.4 is 0 Å². The van der Waals surface area contributed by atoms with Gasteiger partial charge in [0, 0.05) is 11.1 Å². The molecule has 0 saturated heterocycles. The zero-order chi connectivity index (χ0) is 21.8. The second kappa shape index (κ2) is 13.4. The van der Waals surface area contributed by atoms with Crippen LogP contribution in [0.25, 0.3) is 0 Å². The molecule has 0 amide bonds. The number of benzene rings is 2. The summed E-state index contributed by atoms with van der Waals surface area (Å²) in [6.07, 6.45) is 12.1. The highest BCUT2D eigenvalue weighted by Gasteiger charge is 2.20. The SMILES string of the molecule is CCCCC(CC)Cc1cccc(C(=O)c2ccccc2)c1CC(CC)CCCC. The van der Waals surface area contributed by atoms with Crippen LogP contribution in [0.4, 0.5) is 0 Å². The first-order valence-electron chi connectivity index (χ1n) is 12.3. The summed E-state index contributed by atoms with van der Waals surface area (Å²) in [5, 5.41) is 0. The highest BCUT2D eigenvalue weighted by Crippen LogP contribution is 2.29. The second-order valence-corrected chi connectivity index (χ2v) is 8.88. The summed E-state index contributed by atoms with van der Waals surface area (Å²) in [6.45, 7) is 9.16. The summed E-state index contributed by atoms with van der Waals surface area (Å²) in [5.74, 6) is 1.55. The Hall–Kier alpha value is -1.89. The first-order chi connectivity index (χ1) is 14.6. The van der Waals surface area contributed by atoms with Gasteiger partial charge in [-0.2, -0.15) is 0 Å². The minimum atomic E-state index is 0.180. The Morgan fingerprint density at radius 3 is 1.90 bits per heavy atom. The minimum Gasteiger partial charge on any atom is -0.289 e. The van der Waals surface area contributed by atoms with Gasteiger partial charge in [-0.05, 0) is 35.8 Å². The number of hydrogen-bond donors (Lipinski definition) is 0. The van der Waals surface area contributed by atoms with E-state index in [1.54, 1.807) is 0 Å². The first-order valence-corrected chi connectivity index (χ1v) is 12.3. The number of unbranched alkanes of at least 4 members (excludes halogenated alkanes) is 2. The van der Waals surface area contributed by atoms with Crippen molar-refractivity contribution in [2.45, 2.75) is 91.9 Å². The third-order valence-electron chi connectivity index (χ3n) is 6.64. The van der Waals surface area contributed by atoms with Crippen molar-refractivity contribution in [3.63, 3.8) is 0 Å². The zero-order valence-corrected chi connectivity index (χ0v) is 19.8. The molecule has 0 radical (unpaired) electrons. The molecule has 2 unspecified atom stereocenters. The lowest BCUT2D eigenvalue weighted by molar-refractivity contribution is 0.103. The summed E-state index contributed by atoms with van der Waals surface area (Å²) < 4.78 is 0. The third-order valence-corrected chi connectivity index (χ3v) is 6.64. The molecular formula is C29H42O. The van der Waals surface area contributed by atoms with Crippen LogP contribution in [0.15, 0.2) is 48.5 Å². The molecular weight excluding hydrogens is 364 g/mol. The molecule has 2 atom stereocenters. The fourth-order valence-corrected chi connectivity index (χ4v) is 4.51. The molecule has 30 heavy (non-hydrogen) atoms. The maximum absolute atomic E-state index is 13.4. The van der Waals surface area contributed by atoms with Crippen LogP contribution in [0.2, 0.25) is 0 Å². The molecule has 2 aromatic carbocycles. The molecule has 0 N–H and O–H groups in total. The van der Waals surface area contributed by atoms with E-state index >= 15 is 0 Å². The van der Waals surface area contributed by atoms with Crippen molar-refractivity contribution in [1.82, 2.24) is 0 Å². The Labute approximate surface area is 185 Å². The van der Waals surface area contributed by atoms with E-state index in [0.717, 1.165) is 24.0 Å². The molecule has 0 aliphatic carbocycles. The molecule has 2 rings (SSSR count). The van der Waals surface area contributed by atoms with E-state index in [1.165, 1.54) is 62.5 Å². The topological polar surface area (TPSA) is 17.1 Å². The van der Waals surface area contributed by atoms with Crippen LogP contribution in [0.5, 0.6) is 0 Å². The third kappa shape index (κ3) is 7.11. The molecule has 1 nitrogen and oxygen atoms in total. The van der Waals surface area contributed by atoms with Crippen molar-refractivity contribution in [2.24, 2.45) is 11.8 Å². The van der Waals surface area contributed by atoms with Crippen molar-refractivity contribution in [3.8, 4) is 0 Å². The molecule has 0 bridgehead atoms. The zero-order valence-electron chi connectivity index (χ0n) is 19.8. The van der Waals surface area contributed by atoms with Crippen molar-refractivity contribution in [3.05, 3.63) is 70.8 Å².